The molecule has 126 valence electrons. The normalized spacial score (nSPS) is 15.0. The lowest BCUT2D eigenvalue weighted by molar-refractivity contribution is 0.0600. The number of hydrogen-bond donors (Lipinski definition) is 1. The summed E-state index contributed by atoms with van der Waals surface area (Å²) in [5.74, 6) is 0.497. The third kappa shape index (κ3) is 3.15. The maximum absolute atomic E-state index is 12.4. The number of ether oxygens (including phenoxy) is 1. The lowest BCUT2D eigenvalue weighted by Gasteiger charge is -2.16. The first-order valence-corrected chi connectivity index (χ1v) is 7.91. The van der Waals surface area contributed by atoms with Gasteiger partial charge in [0.2, 0.25) is 0 Å². The van der Waals surface area contributed by atoms with E-state index in [2.05, 4.69) is 27.1 Å². The molecule has 0 aromatic carbocycles. The molecule has 3 rings (SSSR count). The molecule has 2 aromatic rings. The molecule has 7 nitrogen and oxygen atoms in total. The van der Waals surface area contributed by atoms with Gasteiger partial charge in [-0.2, -0.15) is 5.10 Å². The molecule has 2 heterocycles. The van der Waals surface area contributed by atoms with Gasteiger partial charge in [-0.3, -0.25) is 9.78 Å². The van der Waals surface area contributed by atoms with Crippen molar-refractivity contribution >= 4 is 17.7 Å². The number of nitrogens with one attached hydrogen (secondary N) is 1. The number of aryl methyl sites for hydroxylation is 1. The van der Waals surface area contributed by atoms with E-state index in [4.69, 9.17) is 0 Å². The summed E-state index contributed by atoms with van der Waals surface area (Å²) in [5.41, 5.74) is 1.44. The Morgan fingerprint density at radius 3 is 2.67 bits per heavy atom. The molecule has 0 radical (unpaired) electrons. The summed E-state index contributed by atoms with van der Waals surface area (Å²) >= 11 is 0. The van der Waals surface area contributed by atoms with Crippen LogP contribution in [0.25, 0.3) is 0 Å². The minimum absolute atomic E-state index is 0.230. The first kappa shape index (κ1) is 16.2. The van der Waals surface area contributed by atoms with Gasteiger partial charge in [-0.1, -0.05) is 0 Å². The standard InChI is InChI=1S/C17H20N4O3/c1-10-8-19-21(11(2)12-4-5-12)15(10)20-16(22)14-7-6-13(9-18-14)17(23)24-3/h6-9,11-12H,4-5H2,1-3H3,(H,20,22)/t11-/m1/s1. The van der Waals surface area contributed by atoms with E-state index < -0.39 is 5.97 Å². The smallest absolute Gasteiger partial charge is 0.339 e. The van der Waals surface area contributed by atoms with Gasteiger partial charge in [-0.15, -0.1) is 0 Å². The van der Waals surface area contributed by atoms with Crippen LogP contribution in [0.4, 0.5) is 5.82 Å². The van der Waals surface area contributed by atoms with Crippen LogP contribution in [0.5, 0.6) is 0 Å². The van der Waals surface area contributed by atoms with E-state index in [1.54, 1.807) is 6.20 Å². The largest absolute Gasteiger partial charge is 0.465 e. The first-order chi connectivity index (χ1) is 11.5. The molecule has 1 amide bonds. The van der Waals surface area contributed by atoms with Crippen LogP contribution >= 0.6 is 0 Å². The molecule has 24 heavy (non-hydrogen) atoms. The molecule has 0 spiro atoms. The zero-order valence-electron chi connectivity index (χ0n) is 13.9. The summed E-state index contributed by atoms with van der Waals surface area (Å²) in [6.07, 6.45) is 5.48. The van der Waals surface area contributed by atoms with Crippen molar-refractivity contribution in [3.63, 3.8) is 0 Å². The molecular weight excluding hydrogens is 308 g/mol. The van der Waals surface area contributed by atoms with Crippen LogP contribution in [0.2, 0.25) is 0 Å². The number of carbonyl (C=O) groups excluding carboxylic acids is 2. The van der Waals surface area contributed by atoms with Gasteiger partial charge in [0.25, 0.3) is 5.91 Å². The number of aromatic nitrogens is 3. The SMILES string of the molecule is COC(=O)c1ccc(C(=O)Nc2c(C)cnn2[C@H](C)C2CC2)nc1. The second-order valence-electron chi connectivity index (χ2n) is 6.08. The van der Waals surface area contributed by atoms with Gasteiger partial charge >= 0.3 is 5.97 Å². The van der Waals surface area contributed by atoms with Gasteiger partial charge in [-0.25, -0.2) is 9.48 Å². The van der Waals surface area contributed by atoms with Crippen molar-refractivity contribution in [3.8, 4) is 0 Å². The number of anilines is 1. The van der Waals surface area contributed by atoms with Crippen LogP contribution in [-0.2, 0) is 4.74 Å². The number of methoxy groups -OCH3 is 1. The molecule has 0 saturated heterocycles. The molecule has 1 aliphatic rings. The zero-order valence-corrected chi connectivity index (χ0v) is 13.9. The van der Waals surface area contributed by atoms with Crippen molar-refractivity contribution in [1.82, 2.24) is 14.8 Å². The topological polar surface area (TPSA) is 86.1 Å². The quantitative estimate of drug-likeness (QED) is 0.853. The van der Waals surface area contributed by atoms with E-state index in [1.807, 2.05) is 11.6 Å². The Morgan fingerprint density at radius 2 is 2.08 bits per heavy atom. The molecular formula is C17H20N4O3. The minimum atomic E-state index is -0.485. The summed E-state index contributed by atoms with van der Waals surface area (Å²) in [5, 5.41) is 7.28. The fraction of sp³-hybridized carbons (Fsp3) is 0.412. The molecule has 1 fully saturated rings. The Morgan fingerprint density at radius 1 is 1.33 bits per heavy atom. The van der Waals surface area contributed by atoms with Gasteiger partial charge in [0.05, 0.1) is 24.9 Å². The second-order valence-corrected chi connectivity index (χ2v) is 6.08. The maximum atomic E-state index is 12.4. The van der Waals surface area contributed by atoms with Crippen molar-refractivity contribution in [2.75, 3.05) is 12.4 Å². The number of pyridine rings is 1. The Bertz CT molecular complexity index is 763. The Hall–Kier alpha value is -2.70. The van der Waals surface area contributed by atoms with Crippen molar-refractivity contribution < 1.29 is 14.3 Å². The summed E-state index contributed by atoms with van der Waals surface area (Å²) in [6.45, 7) is 4.02. The molecule has 0 bridgehead atoms. The van der Waals surface area contributed by atoms with E-state index >= 15 is 0 Å². The van der Waals surface area contributed by atoms with E-state index in [0.717, 1.165) is 5.56 Å². The van der Waals surface area contributed by atoms with Crippen LogP contribution in [0.1, 0.15) is 52.2 Å². The molecule has 1 saturated carbocycles. The molecule has 0 unspecified atom stereocenters. The lowest BCUT2D eigenvalue weighted by Crippen LogP contribution is -2.20. The molecule has 1 aliphatic carbocycles. The monoisotopic (exact) mass is 328 g/mol. The average Bonchev–Trinajstić information content (AvgIpc) is 3.39. The number of amides is 1. The highest BCUT2D eigenvalue weighted by Crippen LogP contribution is 2.40. The third-order valence-corrected chi connectivity index (χ3v) is 4.32. The summed E-state index contributed by atoms with van der Waals surface area (Å²) in [6, 6.07) is 3.27. The lowest BCUT2D eigenvalue weighted by atomic mass is 10.2. The molecule has 1 N–H and O–H groups in total. The van der Waals surface area contributed by atoms with Gasteiger partial charge in [0, 0.05) is 11.8 Å². The molecule has 1 atom stereocenters. The Balaban J connectivity index is 1.77. The van der Waals surface area contributed by atoms with E-state index in [1.165, 1.54) is 38.3 Å². The van der Waals surface area contributed by atoms with E-state index in [-0.39, 0.29) is 17.6 Å². The van der Waals surface area contributed by atoms with Gasteiger partial charge in [0.15, 0.2) is 0 Å². The fourth-order valence-corrected chi connectivity index (χ4v) is 2.63. The van der Waals surface area contributed by atoms with Crippen LogP contribution in [-0.4, -0.2) is 33.8 Å². The van der Waals surface area contributed by atoms with Crippen LogP contribution in [0.3, 0.4) is 0 Å². The van der Waals surface area contributed by atoms with Gasteiger partial charge in [0.1, 0.15) is 11.5 Å². The molecule has 0 aliphatic heterocycles. The fourth-order valence-electron chi connectivity index (χ4n) is 2.63. The van der Waals surface area contributed by atoms with Crippen molar-refractivity contribution in [2.45, 2.75) is 32.7 Å². The highest BCUT2D eigenvalue weighted by Gasteiger charge is 2.31. The van der Waals surface area contributed by atoms with Crippen LogP contribution in [0.15, 0.2) is 24.5 Å². The number of hydrogen-bond acceptors (Lipinski definition) is 5. The van der Waals surface area contributed by atoms with Crippen molar-refractivity contribution in [1.29, 1.82) is 0 Å². The number of rotatable bonds is 5. The zero-order chi connectivity index (χ0) is 17.3. The Kier molecular flexibility index (Phi) is 4.33. The Labute approximate surface area is 140 Å². The number of esters is 1. The molecule has 7 heteroatoms. The van der Waals surface area contributed by atoms with Gasteiger partial charge in [-0.05, 0) is 44.7 Å². The maximum Gasteiger partial charge on any atom is 0.339 e. The predicted octanol–water partition coefficient (Wildman–Crippen LogP) is 2.60. The highest BCUT2D eigenvalue weighted by atomic mass is 16.5. The minimum Gasteiger partial charge on any atom is -0.465 e. The summed E-state index contributed by atoms with van der Waals surface area (Å²) in [4.78, 5) is 27.9. The first-order valence-electron chi connectivity index (χ1n) is 7.91. The van der Waals surface area contributed by atoms with Crippen molar-refractivity contribution in [3.05, 3.63) is 41.3 Å². The summed E-state index contributed by atoms with van der Waals surface area (Å²) < 4.78 is 6.49. The second kappa shape index (κ2) is 6.43. The van der Waals surface area contributed by atoms with E-state index in [0.29, 0.717) is 17.3 Å². The van der Waals surface area contributed by atoms with Crippen LogP contribution in [0, 0.1) is 12.8 Å². The summed E-state index contributed by atoms with van der Waals surface area (Å²) in [7, 11) is 1.30. The van der Waals surface area contributed by atoms with Crippen LogP contribution < -0.4 is 5.32 Å². The van der Waals surface area contributed by atoms with Gasteiger partial charge < -0.3 is 10.1 Å². The molecule has 2 aromatic heterocycles. The number of carbonyl (C=O) groups is 2. The number of nitrogens with zero attached hydrogens (tertiary/aromatic N) is 3. The average molecular weight is 328 g/mol. The van der Waals surface area contributed by atoms with E-state index in [9.17, 15) is 9.59 Å². The predicted molar refractivity (Wildman–Crippen MR) is 87.9 cm³/mol. The van der Waals surface area contributed by atoms with Crippen molar-refractivity contribution in [2.24, 2.45) is 5.92 Å². The third-order valence-electron chi connectivity index (χ3n) is 4.32. The highest BCUT2D eigenvalue weighted by molar-refractivity contribution is 6.03.